The topological polar surface area (TPSA) is 83.6 Å². The summed E-state index contributed by atoms with van der Waals surface area (Å²) in [6, 6.07) is 19.1. The van der Waals surface area contributed by atoms with Crippen molar-refractivity contribution in [1.82, 2.24) is 10.1 Å². The van der Waals surface area contributed by atoms with Crippen molar-refractivity contribution in [3.05, 3.63) is 77.6 Å². The van der Waals surface area contributed by atoms with Crippen LogP contribution in [0, 0.1) is 12.3 Å². The number of benzene rings is 2. The fourth-order valence-electron chi connectivity index (χ4n) is 4.17. The summed E-state index contributed by atoms with van der Waals surface area (Å²) < 4.78 is 5.33. The minimum Gasteiger partial charge on any atom is -0.481 e. The Morgan fingerprint density at radius 1 is 1.03 bits per heavy atom. The van der Waals surface area contributed by atoms with Gasteiger partial charge in [0.25, 0.3) is 5.91 Å². The van der Waals surface area contributed by atoms with Crippen molar-refractivity contribution in [2.24, 2.45) is 5.41 Å². The van der Waals surface area contributed by atoms with Gasteiger partial charge in [0.2, 0.25) is 0 Å². The lowest BCUT2D eigenvalue weighted by Gasteiger charge is -2.39. The lowest BCUT2D eigenvalue weighted by molar-refractivity contribution is -0.151. The number of carboxylic acids is 1. The molecule has 3 aromatic rings. The predicted octanol–water partition coefficient (Wildman–Crippen LogP) is 4.20. The van der Waals surface area contributed by atoms with Crippen molar-refractivity contribution in [2.75, 3.05) is 13.1 Å². The molecule has 1 N–H and O–H groups in total. The zero-order valence-corrected chi connectivity index (χ0v) is 16.9. The first-order valence-electron chi connectivity index (χ1n) is 10.1. The molecule has 0 spiro atoms. The van der Waals surface area contributed by atoms with Gasteiger partial charge in [0.1, 0.15) is 17.0 Å². The zero-order valence-electron chi connectivity index (χ0n) is 16.9. The lowest BCUT2D eigenvalue weighted by atomic mass is 9.73. The molecule has 1 saturated heterocycles. The number of aromatic nitrogens is 1. The Hall–Kier alpha value is -3.41. The second-order valence-corrected chi connectivity index (χ2v) is 7.87. The molecular formula is C24H24N2O4. The number of aryl methyl sites for hydroxylation is 1. The van der Waals surface area contributed by atoms with Crippen LogP contribution in [0.4, 0.5) is 0 Å². The Labute approximate surface area is 175 Å². The van der Waals surface area contributed by atoms with E-state index in [1.807, 2.05) is 60.7 Å². The SMILES string of the molecule is Cc1onc(-c2ccccc2)c1C(=O)N1CCC(Cc2ccccc2)(C(=O)O)CC1. The molecule has 154 valence electrons. The molecule has 1 aliphatic rings. The number of rotatable bonds is 5. The van der Waals surface area contributed by atoms with E-state index in [-0.39, 0.29) is 5.91 Å². The number of hydrogen-bond acceptors (Lipinski definition) is 4. The van der Waals surface area contributed by atoms with Crippen LogP contribution in [0.5, 0.6) is 0 Å². The first-order chi connectivity index (χ1) is 14.5. The fourth-order valence-corrected chi connectivity index (χ4v) is 4.17. The molecule has 0 saturated carbocycles. The molecule has 6 nitrogen and oxygen atoms in total. The van der Waals surface area contributed by atoms with E-state index in [4.69, 9.17) is 4.52 Å². The number of carbonyl (C=O) groups is 2. The molecule has 4 rings (SSSR count). The van der Waals surface area contributed by atoms with E-state index < -0.39 is 11.4 Å². The molecule has 2 aromatic carbocycles. The smallest absolute Gasteiger partial charge is 0.310 e. The highest BCUT2D eigenvalue weighted by Gasteiger charge is 2.43. The molecule has 0 radical (unpaired) electrons. The van der Waals surface area contributed by atoms with Crippen LogP contribution in [-0.2, 0) is 11.2 Å². The molecule has 2 heterocycles. The van der Waals surface area contributed by atoms with E-state index in [0.717, 1.165) is 11.1 Å². The first-order valence-corrected chi connectivity index (χ1v) is 10.1. The summed E-state index contributed by atoms with van der Waals surface area (Å²) in [4.78, 5) is 27.2. The molecular weight excluding hydrogens is 380 g/mol. The van der Waals surface area contributed by atoms with Crippen LogP contribution in [0.2, 0.25) is 0 Å². The van der Waals surface area contributed by atoms with Crippen LogP contribution in [0.15, 0.2) is 65.2 Å². The Balaban J connectivity index is 1.54. The largest absolute Gasteiger partial charge is 0.481 e. The Morgan fingerprint density at radius 3 is 2.23 bits per heavy atom. The maximum atomic E-state index is 13.3. The van der Waals surface area contributed by atoms with E-state index in [9.17, 15) is 14.7 Å². The molecule has 0 unspecified atom stereocenters. The van der Waals surface area contributed by atoms with Gasteiger partial charge in [0.05, 0.1) is 5.41 Å². The van der Waals surface area contributed by atoms with Gasteiger partial charge in [-0.1, -0.05) is 65.8 Å². The summed E-state index contributed by atoms with van der Waals surface area (Å²) in [5.41, 5.74) is 1.94. The minimum absolute atomic E-state index is 0.161. The van der Waals surface area contributed by atoms with Crippen LogP contribution < -0.4 is 0 Å². The van der Waals surface area contributed by atoms with Crippen molar-refractivity contribution in [1.29, 1.82) is 0 Å². The van der Waals surface area contributed by atoms with Gasteiger partial charge in [0, 0.05) is 18.7 Å². The van der Waals surface area contributed by atoms with E-state index >= 15 is 0 Å². The summed E-state index contributed by atoms with van der Waals surface area (Å²) in [5.74, 6) is -0.492. The van der Waals surface area contributed by atoms with Gasteiger partial charge in [-0.2, -0.15) is 0 Å². The highest BCUT2D eigenvalue weighted by Crippen LogP contribution is 2.37. The first kappa shape index (κ1) is 19.9. The summed E-state index contributed by atoms with van der Waals surface area (Å²) in [5, 5.41) is 14.1. The number of piperidine rings is 1. The number of carboxylic acid groups (broad SMARTS) is 1. The van der Waals surface area contributed by atoms with Crippen LogP contribution in [-0.4, -0.2) is 40.1 Å². The van der Waals surface area contributed by atoms with Crippen molar-refractivity contribution < 1.29 is 19.2 Å². The average molecular weight is 404 g/mol. The van der Waals surface area contributed by atoms with Crippen LogP contribution in [0.1, 0.15) is 34.5 Å². The van der Waals surface area contributed by atoms with Gasteiger partial charge in [0.15, 0.2) is 0 Å². The normalized spacial score (nSPS) is 15.7. The van der Waals surface area contributed by atoms with E-state index in [1.54, 1.807) is 11.8 Å². The third-order valence-corrected chi connectivity index (χ3v) is 5.97. The fraction of sp³-hybridized carbons (Fsp3) is 0.292. The van der Waals surface area contributed by atoms with Gasteiger partial charge < -0.3 is 14.5 Å². The van der Waals surface area contributed by atoms with Gasteiger partial charge in [-0.05, 0) is 31.7 Å². The molecule has 30 heavy (non-hydrogen) atoms. The highest BCUT2D eigenvalue weighted by atomic mass is 16.5. The summed E-state index contributed by atoms with van der Waals surface area (Å²) in [6.45, 7) is 2.50. The van der Waals surface area contributed by atoms with Crippen molar-refractivity contribution in [3.8, 4) is 11.3 Å². The van der Waals surface area contributed by atoms with E-state index in [0.29, 0.717) is 49.4 Å². The molecule has 0 aliphatic carbocycles. The standard InChI is InChI=1S/C24H24N2O4/c1-17-20(21(25-30-17)19-10-6-3-7-11-19)22(27)26-14-12-24(13-15-26,23(28)29)16-18-8-4-2-5-9-18/h2-11H,12-16H2,1H3,(H,28,29). The Bertz CT molecular complexity index is 1040. The van der Waals surface area contributed by atoms with Crippen molar-refractivity contribution >= 4 is 11.9 Å². The van der Waals surface area contributed by atoms with Crippen molar-refractivity contribution in [2.45, 2.75) is 26.2 Å². The number of aliphatic carboxylic acids is 1. The minimum atomic E-state index is -0.857. The molecule has 1 fully saturated rings. The zero-order chi connectivity index (χ0) is 21.1. The summed E-state index contributed by atoms with van der Waals surface area (Å²) in [7, 11) is 0. The molecule has 0 atom stereocenters. The van der Waals surface area contributed by atoms with Crippen molar-refractivity contribution in [3.63, 3.8) is 0 Å². The lowest BCUT2D eigenvalue weighted by Crippen LogP contribution is -2.47. The summed E-state index contributed by atoms with van der Waals surface area (Å²) >= 11 is 0. The van der Waals surface area contributed by atoms with E-state index in [2.05, 4.69) is 5.16 Å². The molecule has 1 aliphatic heterocycles. The second-order valence-electron chi connectivity index (χ2n) is 7.87. The predicted molar refractivity (Wildman–Crippen MR) is 112 cm³/mol. The summed E-state index contributed by atoms with van der Waals surface area (Å²) in [6.07, 6.45) is 1.29. The monoisotopic (exact) mass is 404 g/mol. The Morgan fingerprint density at radius 2 is 1.63 bits per heavy atom. The van der Waals surface area contributed by atoms with Gasteiger partial charge in [-0.3, -0.25) is 9.59 Å². The third-order valence-electron chi connectivity index (χ3n) is 5.97. The van der Waals surface area contributed by atoms with Gasteiger partial charge >= 0.3 is 5.97 Å². The molecule has 1 aromatic heterocycles. The average Bonchev–Trinajstić information content (AvgIpc) is 3.16. The number of hydrogen-bond donors (Lipinski definition) is 1. The van der Waals surface area contributed by atoms with Gasteiger partial charge in [-0.15, -0.1) is 0 Å². The molecule has 6 heteroatoms. The quantitative estimate of drug-likeness (QED) is 0.689. The maximum absolute atomic E-state index is 13.3. The van der Waals surface area contributed by atoms with Crippen LogP contribution in [0.3, 0.4) is 0 Å². The maximum Gasteiger partial charge on any atom is 0.310 e. The number of carbonyl (C=O) groups excluding carboxylic acids is 1. The van der Waals surface area contributed by atoms with Crippen LogP contribution >= 0.6 is 0 Å². The van der Waals surface area contributed by atoms with Crippen LogP contribution in [0.25, 0.3) is 11.3 Å². The van der Waals surface area contributed by atoms with Gasteiger partial charge in [-0.25, -0.2) is 0 Å². The number of amides is 1. The number of nitrogens with zero attached hydrogens (tertiary/aromatic N) is 2. The highest BCUT2D eigenvalue weighted by molar-refractivity contribution is 6.01. The van der Waals surface area contributed by atoms with E-state index in [1.165, 1.54) is 0 Å². The third kappa shape index (κ3) is 3.73. The Kier molecular flexibility index (Phi) is 5.40. The molecule has 0 bridgehead atoms. The number of likely N-dealkylation sites (tertiary alicyclic amines) is 1. The second kappa shape index (κ2) is 8.14. The molecule has 1 amide bonds.